The van der Waals surface area contributed by atoms with E-state index in [1.165, 1.54) is 0 Å². The van der Waals surface area contributed by atoms with Crippen LogP contribution in [0.3, 0.4) is 0 Å². The SMILES string of the molecule is CCCCN(C)CC(=O)Nc1ccccc1C(=O)Nc1ccc(Cl)cc1. The highest BCUT2D eigenvalue weighted by atomic mass is 35.5. The van der Waals surface area contributed by atoms with Crippen LogP contribution in [0.1, 0.15) is 30.1 Å². The fraction of sp³-hybridized carbons (Fsp3) is 0.300. The van der Waals surface area contributed by atoms with Gasteiger partial charge in [0, 0.05) is 10.7 Å². The van der Waals surface area contributed by atoms with Crippen molar-refractivity contribution in [1.29, 1.82) is 0 Å². The predicted octanol–water partition coefficient (Wildman–Crippen LogP) is 4.26. The van der Waals surface area contributed by atoms with Gasteiger partial charge in [-0.25, -0.2) is 0 Å². The third-order valence-corrected chi connectivity index (χ3v) is 4.11. The number of para-hydroxylation sites is 1. The van der Waals surface area contributed by atoms with Crippen LogP contribution in [0, 0.1) is 0 Å². The summed E-state index contributed by atoms with van der Waals surface area (Å²) in [5, 5.41) is 6.24. The van der Waals surface area contributed by atoms with E-state index in [2.05, 4.69) is 17.6 Å². The summed E-state index contributed by atoms with van der Waals surface area (Å²) in [5.41, 5.74) is 1.54. The van der Waals surface area contributed by atoms with Crippen LogP contribution >= 0.6 is 11.6 Å². The first-order chi connectivity index (χ1) is 12.5. The molecule has 26 heavy (non-hydrogen) atoms. The first kappa shape index (κ1) is 19.9. The number of hydrogen-bond acceptors (Lipinski definition) is 3. The molecule has 0 aliphatic rings. The number of carbonyl (C=O) groups excluding carboxylic acids is 2. The Morgan fingerprint density at radius 1 is 1.04 bits per heavy atom. The molecule has 0 saturated carbocycles. The van der Waals surface area contributed by atoms with Gasteiger partial charge in [-0.05, 0) is 56.4 Å². The lowest BCUT2D eigenvalue weighted by molar-refractivity contribution is -0.117. The summed E-state index contributed by atoms with van der Waals surface area (Å²) in [6.07, 6.45) is 2.13. The molecule has 0 saturated heterocycles. The van der Waals surface area contributed by atoms with Gasteiger partial charge in [-0.3, -0.25) is 14.5 Å². The van der Waals surface area contributed by atoms with E-state index < -0.39 is 0 Å². The summed E-state index contributed by atoms with van der Waals surface area (Å²) in [7, 11) is 1.91. The minimum atomic E-state index is -0.289. The molecule has 2 N–H and O–H groups in total. The minimum Gasteiger partial charge on any atom is -0.324 e. The zero-order chi connectivity index (χ0) is 18.9. The molecular formula is C20H24ClN3O2. The van der Waals surface area contributed by atoms with Gasteiger partial charge in [-0.15, -0.1) is 0 Å². The van der Waals surface area contributed by atoms with Crippen molar-refractivity contribution in [3.05, 3.63) is 59.1 Å². The van der Waals surface area contributed by atoms with E-state index in [0.717, 1.165) is 19.4 Å². The molecule has 0 atom stereocenters. The molecule has 0 heterocycles. The van der Waals surface area contributed by atoms with E-state index in [1.54, 1.807) is 48.5 Å². The van der Waals surface area contributed by atoms with Gasteiger partial charge in [-0.2, -0.15) is 0 Å². The Bertz CT molecular complexity index is 747. The Hall–Kier alpha value is -2.37. The molecule has 6 heteroatoms. The third-order valence-electron chi connectivity index (χ3n) is 3.85. The summed E-state index contributed by atoms with van der Waals surface area (Å²) in [4.78, 5) is 26.8. The zero-order valence-electron chi connectivity index (χ0n) is 15.1. The highest BCUT2D eigenvalue weighted by molar-refractivity contribution is 6.30. The maximum Gasteiger partial charge on any atom is 0.257 e. The average molecular weight is 374 g/mol. The molecule has 0 bridgehead atoms. The van der Waals surface area contributed by atoms with Crippen molar-refractivity contribution >= 4 is 34.8 Å². The number of likely N-dealkylation sites (N-methyl/N-ethyl adjacent to an activating group) is 1. The molecule has 0 aliphatic heterocycles. The number of nitrogens with zero attached hydrogens (tertiary/aromatic N) is 1. The second-order valence-corrected chi connectivity index (χ2v) is 6.58. The molecule has 2 amide bonds. The van der Waals surface area contributed by atoms with Crippen molar-refractivity contribution in [3.63, 3.8) is 0 Å². The monoisotopic (exact) mass is 373 g/mol. The molecule has 2 aromatic rings. The summed E-state index contributed by atoms with van der Waals surface area (Å²) in [6.45, 7) is 3.26. The molecule has 0 fully saturated rings. The molecule has 0 unspecified atom stereocenters. The van der Waals surface area contributed by atoms with Gasteiger partial charge in [0.2, 0.25) is 5.91 Å². The van der Waals surface area contributed by atoms with E-state index in [4.69, 9.17) is 11.6 Å². The Labute approximate surface area is 159 Å². The fourth-order valence-corrected chi connectivity index (χ4v) is 2.59. The Morgan fingerprint density at radius 2 is 1.73 bits per heavy atom. The van der Waals surface area contributed by atoms with Crippen molar-refractivity contribution in [3.8, 4) is 0 Å². The van der Waals surface area contributed by atoms with Gasteiger partial charge in [0.15, 0.2) is 0 Å². The molecule has 5 nitrogen and oxygen atoms in total. The van der Waals surface area contributed by atoms with Crippen LogP contribution in [0.15, 0.2) is 48.5 Å². The summed E-state index contributed by atoms with van der Waals surface area (Å²) in [6, 6.07) is 13.8. The standard InChI is InChI=1S/C20H24ClN3O2/c1-3-4-13-24(2)14-19(25)23-18-8-6-5-7-17(18)20(26)22-16-11-9-15(21)10-12-16/h5-12H,3-4,13-14H2,1-2H3,(H,22,26)(H,23,25). The van der Waals surface area contributed by atoms with Gasteiger partial charge in [0.1, 0.15) is 0 Å². The maximum absolute atomic E-state index is 12.6. The first-order valence-corrected chi connectivity index (χ1v) is 9.01. The summed E-state index contributed by atoms with van der Waals surface area (Å²) < 4.78 is 0. The zero-order valence-corrected chi connectivity index (χ0v) is 15.8. The molecule has 0 spiro atoms. The minimum absolute atomic E-state index is 0.143. The van der Waals surface area contributed by atoms with Gasteiger partial charge in [0.25, 0.3) is 5.91 Å². The van der Waals surface area contributed by atoms with Gasteiger partial charge >= 0.3 is 0 Å². The van der Waals surface area contributed by atoms with Crippen LogP contribution in [0.25, 0.3) is 0 Å². The largest absolute Gasteiger partial charge is 0.324 e. The molecule has 0 radical (unpaired) electrons. The second kappa shape index (κ2) is 9.94. The molecule has 2 rings (SSSR count). The number of hydrogen-bond donors (Lipinski definition) is 2. The number of unbranched alkanes of at least 4 members (excludes halogenated alkanes) is 1. The molecule has 0 aliphatic carbocycles. The number of amides is 2. The van der Waals surface area contributed by atoms with Gasteiger partial charge in [0.05, 0.1) is 17.8 Å². The first-order valence-electron chi connectivity index (χ1n) is 8.64. The van der Waals surface area contributed by atoms with Gasteiger partial charge < -0.3 is 10.6 Å². The third kappa shape index (κ3) is 6.17. The maximum atomic E-state index is 12.6. The summed E-state index contributed by atoms with van der Waals surface area (Å²) in [5.74, 6) is -0.432. The van der Waals surface area contributed by atoms with Crippen molar-refractivity contribution in [2.75, 3.05) is 30.8 Å². The fourth-order valence-electron chi connectivity index (χ4n) is 2.46. The molecule has 2 aromatic carbocycles. The molecular weight excluding hydrogens is 350 g/mol. The van der Waals surface area contributed by atoms with Crippen molar-refractivity contribution in [1.82, 2.24) is 4.90 Å². The van der Waals surface area contributed by atoms with Crippen LogP contribution in [-0.2, 0) is 4.79 Å². The lowest BCUT2D eigenvalue weighted by Crippen LogP contribution is -2.31. The number of benzene rings is 2. The van der Waals surface area contributed by atoms with E-state index in [-0.39, 0.29) is 18.4 Å². The molecule has 0 aromatic heterocycles. The highest BCUT2D eigenvalue weighted by Crippen LogP contribution is 2.19. The van der Waals surface area contributed by atoms with Crippen LogP contribution < -0.4 is 10.6 Å². The van der Waals surface area contributed by atoms with Crippen molar-refractivity contribution < 1.29 is 9.59 Å². The van der Waals surface area contributed by atoms with Crippen molar-refractivity contribution in [2.24, 2.45) is 0 Å². The van der Waals surface area contributed by atoms with Crippen LogP contribution in [-0.4, -0.2) is 36.9 Å². The van der Waals surface area contributed by atoms with E-state index in [1.807, 2.05) is 11.9 Å². The lowest BCUT2D eigenvalue weighted by Gasteiger charge is -2.17. The van der Waals surface area contributed by atoms with Crippen molar-refractivity contribution in [2.45, 2.75) is 19.8 Å². The van der Waals surface area contributed by atoms with Crippen LogP contribution in [0.5, 0.6) is 0 Å². The number of rotatable bonds is 8. The topological polar surface area (TPSA) is 61.4 Å². The highest BCUT2D eigenvalue weighted by Gasteiger charge is 2.14. The quantitative estimate of drug-likeness (QED) is 0.726. The number of nitrogens with one attached hydrogen (secondary N) is 2. The predicted molar refractivity (Wildman–Crippen MR) is 107 cm³/mol. The Morgan fingerprint density at radius 3 is 2.42 bits per heavy atom. The Balaban J connectivity index is 2.03. The number of anilines is 2. The second-order valence-electron chi connectivity index (χ2n) is 6.15. The number of carbonyl (C=O) groups is 2. The number of halogens is 1. The van der Waals surface area contributed by atoms with E-state index in [0.29, 0.717) is 22.0 Å². The van der Waals surface area contributed by atoms with E-state index >= 15 is 0 Å². The smallest absolute Gasteiger partial charge is 0.257 e. The summed E-state index contributed by atoms with van der Waals surface area (Å²) >= 11 is 5.86. The van der Waals surface area contributed by atoms with Crippen LogP contribution in [0.4, 0.5) is 11.4 Å². The van der Waals surface area contributed by atoms with Gasteiger partial charge in [-0.1, -0.05) is 37.1 Å². The van der Waals surface area contributed by atoms with E-state index in [9.17, 15) is 9.59 Å². The normalized spacial score (nSPS) is 10.6. The molecule has 138 valence electrons. The lowest BCUT2D eigenvalue weighted by atomic mass is 10.1. The van der Waals surface area contributed by atoms with Crippen LogP contribution in [0.2, 0.25) is 5.02 Å². The average Bonchev–Trinajstić information content (AvgIpc) is 2.62. The Kier molecular flexibility index (Phi) is 7.63.